The minimum atomic E-state index is 0.411. The number of fused-ring (bicyclic) bond motifs is 1. The number of thiazole rings is 1. The Bertz CT molecular complexity index is 395. The van der Waals surface area contributed by atoms with Crippen molar-refractivity contribution in [2.45, 2.75) is 38.5 Å². The fourth-order valence-electron chi connectivity index (χ4n) is 2.98. The van der Waals surface area contributed by atoms with Crippen LogP contribution < -0.4 is 5.32 Å². The highest BCUT2D eigenvalue weighted by atomic mass is 32.1. The Morgan fingerprint density at radius 3 is 3.22 bits per heavy atom. The van der Waals surface area contributed by atoms with Crippen molar-refractivity contribution in [2.24, 2.45) is 0 Å². The molecule has 1 aromatic heterocycles. The van der Waals surface area contributed by atoms with Crippen molar-refractivity contribution in [1.82, 2.24) is 15.2 Å². The molecule has 0 aromatic carbocycles. The average Bonchev–Trinajstić information content (AvgIpc) is 2.65. The van der Waals surface area contributed by atoms with E-state index >= 15 is 0 Å². The molecule has 2 fully saturated rings. The molecule has 100 valence electrons. The lowest BCUT2D eigenvalue weighted by Crippen LogP contribution is -2.50. The molecule has 3 heterocycles. The molecule has 0 saturated carbocycles. The van der Waals surface area contributed by atoms with Crippen LogP contribution in [0.2, 0.25) is 0 Å². The first-order valence-electron chi connectivity index (χ1n) is 6.80. The van der Waals surface area contributed by atoms with Crippen molar-refractivity contribution in [2.75, 3.05) is 26.2 Å². The molecule has 3 rings (SSSR count). The monoisotopic (exact) mass is 267 g/mol. The number of aryl methyl sites for hydroxylation is 1. The van der Waals surface area contributed by atoms with Crippen molar-refractivity contribution < 1.29 is 4.74 Å². The molecule has 5 heteroatoms. The van der Waals surface area contributed by atoms with E-state index in [0.717, 1.165) is 44.2 Å². The summed E-state index contributed by atoms with van der Waals surface area (Å²) in [5.41, 5.74) is 1.22. The summed E-state index contributed by atoms with van der Waals surface area (Å²) < 4.78 is 5.94. The lowest BCUT2D eigenvalue weighted by atomic mass is 10.0. The maximum absolute atomic E-state index is 5.94. The van der Waals surface area contributed by atoms with E-state index in [9.17, 15) is 0 Å². The van der Waals surface area contributed by atoms with E-state index in [1.54, 1.807) is 11.3 Å². The predicted molar refractivity (Wildman–Crippen MR) is 72.9 cm³/mol. The number of aromatic nitrogens is 1. The Morgan fingerprint density at radius 1 is 1.50 bits per heavy atom. The van der Waals surface area contributed by atoms with E-state index < -0.39 is 0 Å². The second-order valence-corrected chi connectivity index (χ2v) is 6.19. The van der Waals surface area contributed by atoms with Crippen LogP contribution in [0.15, 0.2) is 5.38 Å². The number of rotatable bonds is 2. The van der Waals surface area contributed by atoms with E-state index in [0.29, 0.717) is 12.1 Å². The molecule has 0 aliphatic carbocycles. The zero-order valence-corrected chi connectivity index (χ0v) is 11.7. The summed E-state index contributed by atoms with van der Waals surface area (Å²) in [6.45, 7) is 7.16. The molecular weight excluding hydrogens is 246 g/mol. The topological polar surface area (TPSA) is 37.4 Å². The standard InChI is InChI=1S/C13H21N3OS/c1-10-15-11(9-18-10)8-16-6-7-17-13-3-5-14-4-2-12(13)16/h9,12-14H,2-8H2,1H3. The van der Waals surface area contributed by atoms with Crippen LogP contribution >= 0.6 is 11.3 Å². The Kier molecular flexibility index (Phi) is 3.94. The highest BCUT2D eigenvalue weighted by Gasteiger charge is 2.33. The van der Waals surface area contributed by atoms with Gasteiger partial charge in [-0.1, -0.05) is 0 Å². The highest BCUT2D eigenvalue weighted by Crippen LogP contribution is 2.23. The van der Waals surface area contributed by atoms with Crippen LogP contribution in [0.4, 0.5) is 0 Å². The van der Waals surface area contributed by atoms with Crippen LogP contribution in [-0.4, -0.2) is 48.3 Å². The summed E-state index contributed by atoms with van der Waals surface area (Å²) in [6, 6.07) is 0.566. The third-order valence-corrected chi connectivity index (χ3v) is 4.69. The first-order chi connectivity index (χ1) is 8.83. The first kappa shape index (κ1) is 12.5. The molecule has 0 radical (unpaired) electrons. The number of morpholine rings is 1. The van der Waals surface area contributed by atoms with Gasteiger partial charge in [0.15, 0.2) is 0 Å². The van der Waals surface area contributed by atoms with E-state index in [2.05, 4.69) is 27.5 Å². The molecule has 2 aliphatic heterocycles. The second-order valence-electron chi connectivity index (χ2n) is 5.13. The molecule has 0 bridgehead atoms. The SMILES string of the molecule is Cc1nc(CN2CCOC3CCNCCC32)cs1. The largest absolute Gasteiger partial charge is 0.375 e. The van der Waals surface area contributed by atoms with Gasteiger partial charge in [-0.3, -0.25) is 4.90 Å². The lowest BCUT2D eigenvalue weighted by molar-refractivity contribution is -0.0749. The molecule has 0 spiro atoms. The Labute approximate surface area is 112 Å². The van der Waals surface area contributed by atoms with E-state index in [-0.39, 0.29) is 0 Å². The molecule has 1 N–H and O–H groups in total. The third kappa shape index (κ3) is 2.74. The van der Waals surface area contributed by atoms with Gasteiger partial charge in [-0.25, -0.2) is 4.98 Å². The van der Waals surface area contributed by atoms with Gasteiger partial charge in [0.25, 0.3) is 0 Å². The average molecular weight is 267 g/mol. The van der Waals surface area contributed by atoms with Crippen molar-refractivity contribution in [3.63, 3.8) is 0 Å². The smallest absolute Gasteiger partial charge is 0.0897 e. The van der Waals surface area contributed by atoms with Crippen molar-refractivity contribution in [1.29, 1.82) is 0 Å². The Balaban J connectivity index is 1.69. The minimum absolute atomic E-state index is 0.411. The molecule has 1 aromatic rings. The summed E-state index contributed by atoms with van der Waals surface area (Å²) in [4.78, 5) is 7.15. The van der Waals surface area contributed by atoms with Crippen LogP contribution in [-0.2, 0) is 11.3 Å². The lowest BCUT2D eigenvalue weighted by Gasteiger charge is -2.40. The van der Waals surface area contributed by atoms with E-state index in [1.807, 2.05) is 0 Å². The van der Waals surface area contributed by atoms with Crippen LogP contribution in [0.1, 0.15) is 23.5 Å². The summed E-state index contributed by atoms with van der Waals surface area (Å²) >= 11 is 1.75. The van der Waals surface area contributed by atoms with E-state index in [4.69, 9.17) is 4.74 Å². The Morgan fingerprint density at radius 2 is 2.39 bits per heavy atom. The molecule has 2 saturated heterocycles. The summed E-state index contributed by atoms with van der Waals surface area (Å²) in [6.07, 6.45) is 2.74. The van der Waals surface area contributed by atoms with Gasteiger partial charge < -0.3 is 10.1 Å². The number of nitrogens with one attached hydrogen (secondary N) is 1. The number of hydrogen-bond acceptors (Lipinski definition) is 5. The maximum atomic E-state index is 5.94. The zero-order valence-electron chi connectivity index (χ0n) is 10.9. The Hall–Kier alpha value is -0.490. The number of hydrogen-bond donors (Lipinski definition) is 1. The maximum Gasteiger partial charge on any atom is 0.0897 e. The van der Waals surface area contributed by atoms with Crippen molar-refractivity contribution in [3.8, 4) is 0 Å². The first-order valence-corrected chi connectivity index (χ1v) is 7.68. The van der Waals surface area contributed by atoms with Gasteiger partial charge in [-0.2, -0.15) is 0 Å². The van der Waals surface area contributed by atoms with Gasteiger partial charge in [-0.05, 0) is 32.9 Å². The fourth-order valence-corrected chi connectivity index (χ4v) is 3.59. The second kappa shape index (κ2) is 5.65. The molecule has 18 heavy (non-hydrogen) atoms. The number of nitrogens with zero attached hydrogens (tertiary/aromatic N) is 2. The molecule has 2 aliphatic rings. The molecule has 2 atom stereocenters. The summed E-state index contributed by atoms with van der Waals surface area (Å²) in [5, 5.41) is 6.83. The number of ether oxygens (including phenoxy) is 1. The molecule has 4 nitrogen and oxygen atoms in total. The molecule has 2 unspecified atom stereocenters. The predicted octanol–water partition coefficient (Wildman–Crippen LogP) is 1.40. The molecular formula is C13H21N3OS. The zero-order chi connectivity index (χ0) is 12.4. The summed E-state index contributed by atoms with van der Waals surface area (Å²) in [7, 11) is 0. The minimum Gasteiger partial charge on any atom is -0.375 e. The quantitative estimate of drug-likeness (QED) is 0.879. The van der Waals surface area contributed by atoms with Crippen LogP contribution in [0.3, 0.4) is 0 Å². The van der Waals surface area contributed by atoms with Crippen molar-refractivity contribution in [3.05, 3.63) is 16.1 Å². The van der Waals surface area contributed by atoms with Gasteiger partial charge in [-0.15, -0.1) is 11.3 Å². The van der Waals surface area contributed by atoms with Crippen LogP contribution in [0.25, 0.3) is 0 Å². The summed E-state index contributed by atoms with van der Waals surface area (Å²) in [5.74, 6) is 0. The van der Waals surface area contributed by atoms with Gasteiger partial charge in [0.2, 0.25) is 0 Å². The highest BCUT2D eigenvalue weighted by molar-refractivity contribution is 7.09. The van der Waals surface area contributed by atoms with Gasteiger partial charge in [0, 0.05) is 24.5 Å². The fraction of sp³-hybridized carbons (Fsp3) is 0.769. The van der Waals surface area contributed by atoms with Gasteiger partial charge in [0.05, 0.1) is 23.4 Å². The van der Waals surface area contributed by atoms with Crippen LogP contribution in [0, 0.1) is 6.92 Å². The van der Waals surface area contributed by atoms with E-state index in [1.165, 1.54) is 12.1 Å². The van der Waals surface area contributed by atoms with Crippen molar-refractivity contribution >= 4 is 11.3 Å². The third-order valence-electron chi connectivity index (χ3n) is 3.86. The van der Waals surface area contributed by atoms with Gasteiger partial charge >= 0.3 is 0 Å². The van der Waals surface area contributed by atoms with Gasteiger partial charge in [0.1, 0.15) is 0 Å². The molecule has 0 amide bonds. The van der Waals surface area contributed by atoms with Crippen LogP contribution in [0.5, 0.6) is 0 Å². The normalized spacial score (nSPS) is 29.8.